The van der Waals surface area contributed by atoms with Crippen molar-refractivity contribution in [2.75, 3.05) is 0 Å². The fraction of sp³-hybridized carbons (Fsp3) is 0.0667. The fourth-order valence-corrected chi connectivity index (χ4v) is 2.18. The predicted octanol–water partition coefficient (Wildman–Crippen LogP) is 2.10. The van der Waals surface area contributed by atoms with Gasteiger partial charge in [-0.3, -0.25) is 0 Å². The second-order valence-corrected chi connectivity index (χ2v) is 4.48. The SMILES string of the molecule is O=C1OC2(OC(=O)c3ccccc3O2)Oc2ccccc21. The summed E-state index contributed by atoms with van der Waals surface area (Å²) in [6, 6.07) is 12.9. The molecule has 0 aromatic heterocycles. The van der Waals surface area contributed by atoms with Crippen LogP contribution in [0.2, 0.25) is 0 Å². The highest BCUT2D eigenvalue weighted by atomic mass is 17.0. The van der Waals surface area contributed by atoms with Crippen molar-refractivity contribution in [3.8, 4) is 11.5 Å². The van der Waals surface area contributed by atoms with Gasteiger partial charge in [0.25, 0.3) is 0 Å². The highest BCUT2D eigenvalue weighted by Gasteiger charge is 2.54. The van der Waals surface area contributed by atoms with E-state index in [1.54, 1.807) is 48.5 Å². The van der Waals surface area contributed by atoms with Crippen LogP contribution < -0.4 is 9.47 Å². The van der Waals surface area contributed by atoms with Gasteiger partial charge in [-0.05, 0) is 24.3 Å². The summed E-state index contributed by atoms with van der Waals surface area (Å²) in [4.78, 5) is 24.0. The minimum absolute atomic E-state index is 0.223. The van der Waals surface area contributed by atoms with Crippen LogP contribution in [0, 0.1) is 0 Å². The normalized spacial score (nSPS) is 17.7. The van der Waals surface area contributed by atoms with E-state index in [9.17, 15) is 9.59 Å². The van der Waals surface area contributed by atoms with Crippen molar-refractivity contribution in [3.05, 3.63) is 59.7 Å². The van der Waals surface area contributed by atoms with E-state index in [0.29, 0.717) is 0 Å². The minimum atomic E-state index is -2.21. The first-order valence-corrected chi connectivity index (χ1v) is 6.20. The summed E-state index contributed by atoms with van der Waals surface area (Å²) >= 11 is 0. The largest absolute Gasteiger partial charge is 0.616 e. The molecule has 0 unspecified atom stereocenters. The summed E-state index contributed by atoms with van der Waals surface area (Å²) in [7, 11) is 0. The van der Waals surface area contributed by atoms with Crippen molar-refractivity contribution in [2.45, 2.75) is 6.16 Å². The van der Waals surface area contributed by atoms with E-state index in [2.05, 4.69) is 0 Å². The van der Waals surface area contributed by atoms with E-state index in [0.717, 1.165) is 0 Å². The van der Waals surface area contributed by atoms with Crippen LogP contribution in [0.25, 0.3) is 0 Å². The van der Waals surface area contributed by atoms with Crippen molar-refractivity contribution < 1.29 is 28.5 Å². The Morgan fingerprint density at radius 2 is 1.05 bits per heavy atom. The van der Waals surface area contributed by atoms with Gasteiger partial charge in [-0.15, -0.1) is 0 Å². The molecule has 0 atom stereocenters. The second kappa shape index (κ2) is 3.99. The highest BCUT2D eigenvalue weighted by molar-refractivity contribution is 5.95. The van der Waals surface area contributed by atoms with Crippen LogP contribution in [0.4, 0.5) is 0 Å². The Bertz CT molecular complexity index is 701. The Hall–Kier alpha value is -3.02. The average Bonchev–Trinajstić information content (AvgIpc) is 2.47. The minimum Gasteiger partial charge on any atom is -0.385 e. The van der Waals surface area contributed by atoms with Gasteiger partial charge in [-0.1, -0.05) is 24.3 Å². The molecule has 2 aliphatic heterocycles. The smallest absolute Gasteiger partial charge is 0.385 e. The van der Waals surface area contributed by atoms with Gasteiger partial charge < -0.3 is 18.9 Å². The Morgan fingerprint density at radius 1 is 0.619 bits per heavy atom. The van der Waals surface area contributed by atoms with E-state index in [1.165, 1.54) is 0 Å². The molecule has 2 aromatic carbocycles. The first kappa shape index (κ1) is 11.8. The molecule has 6 heteroatoms. The molecule has 1 spiro atoms. The zero-order chi connectivity index (χ0) is 14.4. The third-order valence-electron chi connectivity index (χ3n) is 3.12. The van der Waals surface area contributed by atoms with Gasteiger partial charge >= 0.3 is 18.1 Å². The lowest BCUT2D eigenvalue weighted by Gasteiger charge is -2.36. The summed E-state index contributed by atoms with van der Waals surface area (Å²) in [6.07, 6.45) is -2.21. The quantitative estimate of drug-likeness (QED) is 0.690. The number of hydrogen-bond donors (Lipinski definition) is 0. The van der Waals surface area contributed by atoms with Crippen LogP contribution in [0.3, 0.4) is 0 Å². The maximum Gasteiger partial charge on any atom is 0.616 e. The third kappa shape index (κ3) is 1.73. The zero-order valence-corrected chi connectivity index (χ0v) is 10.6. The molecular formula is C15H8O6. The molecule has 21 heavy (non-hydrogen) atoms. The number of fused-ring (bicyclic) bond motifs is 2. The van der Waals surface area contributed by atoms with E-state index >= 15 is 0 Å². The Labute approximate surface area is 118 Å². The monoisotopic (exact) mass is 284 g/mol. The van der Waals surface area contributed by atoms with Crippen LogP contribution in [-0.4, -0.2) is 18.1 Å². The van der Waals surface area contributed by atoms with Crippen LogP contribution in [0.1, 0.15) is 20.7 Å². The summed E-state index contributed by atoms with van der Waals surface area (Å²) in [5, 5.41) is 0. The molecule has 0 saturated carbocycles. The summed E-state index contributed by atoms with van der Waals surface area (Å²) in [5.74, 6) is -0.935. The molecule has 0 bridgehead atoms. The van der Waals surface area contributed by atoms with E-state index < -0.39 is 18.1 Å². The summed E-state index contributed by atoms with van der Waals surface area (Å²) < 4.78 is 21.0. The van der Waals surface area contributed by atoms with Crippen molar-refractivity contribution in [1.82, 2.24) is 0 Å². The zero-order valence-electron chi connectivity index (χ0n) is 10.6. The maximum absolute atomic E-state index is 12.0. The van der Waals surface area contributed by atoms with Gasteiger partial charge in [-0.2, -0.15) is 0 Å². The predicted molar refractivity (Wildman–Crippen MR) is 67.7 cm³/mol. The van der Waals surface area contributed by atoms with Crippen molar-refractivity contribution >= 4 is 11.9 Å². The molecule has 0 fully saturated rings. The van der Waals surface area contributed by atoms with Crippen molar-refractivity contribution in [3.63, 3.8) is 0 Å². The number of benzene rings is 2. The van der Waals surface area contributed by atoms with E-state index in [1.807, 2.05) is 0 Å². The van der Waals surface area contributed by atoms with E-state index in [4.69, 9.17) is 18.9 Å². The summed E-state index contributed by atoms with van der Waals surface area (Å²) in [5.41, 5.74) is 0.475. The molecule has 0 amide bonds. The molecule has 0 saturated heterocycles. The number of rotatable bonds is 0. The Morgan fingerprint density at radius 3 is 1.52 bits per heavy atom. The lowest BCUT2D eigenvalue weighted by molar-refractivity contribution is -0.400. The van der Waals surface area contributed by atoms with Crippen LogP contribution in [-0.2, 0) is 9.47 Å². The third-order valence-corrected chi connectivity index (χ3v) is 3.12. The standard InChI is InChI=1S/C15H8O6/c16-13-9-5-1-3-7-11(9)18-15(20-13)19-12-8-4-2-6-10(12)14(17)21-15/h1-8H. The number of carbonyl (C=O) groups is 2. The van der Waals surface area contributed by atoms with Crippen LogP contribution >= 0.6 is 0 Å². The highest BCUT2D eigenvalue weighted by Crippen LogP contribution is 2.38. The average molecular weight is 284 g/mol. The second-order valence-electron chi connectivity index (χ2n) is 4.48. The topological polar surface area (TPSA) is 71.1 Å². The van der Waals surface area contributed by atoms with Gasteiger partial charge in [0, 0.05) is 0 Å². The van der Waals surface area contributed by atoms with Crippen molar-refractivity contribution in [2.24, 2.45) is 0 Å². The van der Waals surface area contributed by atoms with Gasteiger partial charge in [-0.25, -0.2) is 9.59 Å². The lowest BCUT2D eigenvalue weighted by atomic mass is 10.2. The van der Waals surface area contributed by atoms with Crippen LogP contribution in [0.15, 0.2) is 48.5 Å². The van der Waals surface area contributed by atoms with Gasteiger partial charge in [0.2, 0.25) is 0 Å². The Balaban J connectivity index is 1.78. The number of para-hydroxylation sites is 2. The maximum atomic E-state index is 12.0. The molecule has 2 aromatic rings. The van der Waals surface area contributed by atoms with Gasteiger partial charge in [0.05, 0.1) is 0 Å². The molecule has 0 radical (unpaired) electrons. The van der Waals surface area contributed by atoms with Crippen LogP contribution in [0.5, 0.6) is 11.5 Å². The number of carbonyl (C=O) groups excluding carboxylic acids is 2. The van der Waals surface area contributed by atoms with Gasteiger partial charge in [0.15, 0.2) is 0 Å². The molecular weight excluding hydrogens is 276 g/mol. The molecule has 2 aliphatic rings. The fourth-order valence-electron chi connectivity index (χ4n) is 2.18. The molecule has 0 aliphatic carbocycles. The van der Waals surface area contributed by atoms with Crippen molar-refractivity contribution in [1.29, 1.82) is 0 Å². The molecule has 104 valence electrons. The molecule has 4 rings (SSSR count). The lowest BCUT2D eigenvalue weighted by Crippen LogP contribution is -2.55. The first-order chi connectivity index (χ1) is 10.2. The molecule has 0 N–H and O–H groups in total. The number of hydrogen-bond acceptors (Lipinski definition) is 6. The molecule has 6 nitrogen and oxygen atoms in total. The number of esters is 2. The van der Waals surface area contributed by atoms with Gasteiger partial charge in [0.1, 0.15) is 22.6 Å². The molecule has 2 heterocycles. The first-order valence-electron chi connectivity index (χ1n) is 6.20. The summed E-state index contributed by atoms with van der Waals surface area (Å²) in [6.45, 7) is 0. The number of ether oxygens (including phenoxy) is 4. The van der Waals surface area contributed by atoms with E-state index in [-0.39, 0.29) is 22.6 Å². The Kier molecular flexibility index (Phi) is 2.24.